The third-order valence-electron chi connectivity index (χ3n) is 2.95. The fraction of sp³-hybridized carbons (Fsp3) is 1.00. The molecule has 4 N–H and O–H groups in total. The van der Waals surface area contributed by atoms with E-state index in [1.807, 2.05) is 6.92 Å². The zero-order chi connectivity index (χ0) is 9.14. The van der Waals surface area contributed by atoms with Crippen LogP contribution in [0.1, 0.15) is 26.2 Å². The van der Waals surface area contributed by atoms with Crippen molar-refractivity contribution in [2.75, 3.05) is 6.54 Å². The van der Waals surface area contributed by atoms with Crippen molar-refractivity contribution in [2.45, 2.75) is 38.4 Å². The van der Waals surface area contributed by atoms with Crippen molar-refractivity contribution in [1.29, 1.82) is 0 Å². The molecule has 1 saturated carbocycles. The molecule has 0 saturated heterocycles. The highest BCUT2D eigenvalue weighted by Crippen LogP contribution is 2.26. The van der Waals surface area contributed by atoms with Gasteiger partial charge in [0, 0.05) is 0 Å². The van der Waals surface area contributed by atoms with Crippen LogP contribution in [0.3, 0.4) is 0 Å². The van der Waals surface area contributed by atoms with Crippen LogP contribution < -0.4 is 5.73 Å². The van der Waals surface area contributed by atoms with Crippen molar-refractivity contribution < 1.29 is 10.2 Å². The highest BCUT2D eigenvalue weighted by Gasteiger charge is 2.28. The molecule has 3 heteroatoms. The summed E-state index contributed by atoms with van der Waals surface area (Å²) in [5.74, 6) is 0.390. The van der Waals surface area contributed by atoms with Gasteiger partial charge in [-0.05, 0) is 37.6 Å². The van der Waals surface area contributed by atoms with Gasteiger partial charge in [0.2, 0.25) is 0 Å². The summed E-state index contributed by atoms with van der Waals surface area (Å²) in [5, 5.41) is 19.2. The predicted octanol–water partition coefficient (Wildman–Crippen LogP) is 0.103. The van der Waals surface area contributed by atoms with Gasteiger partial charge in [-0.3, -0.25) is 0 Å². The second-order valence-electron chi connectivity index (χ2n) is 3.92. The maximum Gasteiger partial charge on any atom is 0.0584 e. The van der Waals surface area contributed by atoms with E-state index >= 15 is 0 Å². The van der Waals surface area contributed by atoms with Crippen molar-refractivity contribution in [1.82, 2.24) is 0 Å². The van der Waals surface area contributed by atoms with Crippen LogP contribution >= 0.6 is 0 Å². The van der Waals surface area contributed by atoms with Crippen LogP contribution in [0.4, 0.5) is 0 Å². The molecule has 0 heterocycles. The van der Waals surface area contributed by atoms with Crippen molar-refractivity contribution in [3.63, 3.8) is 0 Å². The fourth-order valence-corrected chi connectivity index (χ4v) is 1.87. The molecule has 3 nitrogen and oxygen atoms in total. The number of nitrogens with two attached hydrogens (primary N) is 1. The largest absolute Gasteiger partial charge is 0.393 e. The maximum absolute atomic E-state index is 9.65. The number of aliphatic hydroxyl groups excluding tert-OH is 2. The molecule has 0 spiro atoms. The van der Waals surface area contributed by atoms with Gasteiger partial charge in [0.1, 0.15) is 0 Å². The summed E-state index contributed by atoms with van der Waals surface area (Å²) in [6.07, 6.45) is 1.74. The van der Waals surface area contributed by atoms with Gasteiger partial charge < -0.3 is 15.9 Å². The Morgan fingerprint density at radius 1 is 1.25 bits per heavy atom. The van der Waals surface area contributed by atoms with E-state index in [2.05, 4.69) is 0 Å². The number of rotatable bonds is 1. The minimum atomic E-state index is -0.317. The molecule has 0 bridgehead atoms. The minimum Gasteiger partial charge on any atom is -0.393 e. The Kier molecular flexibility index (Phi) is 3.50. The van der Waals surface area contributed by atoms with Crippen LogP contribution in [-0.2, 0) is 0 Å². The van der Waals surface area contributed by atoms with Crippen LogP contribution in [0.5, 0.6) is 0 Å². The topological polar surface area (TPSA) is 66.5 Å². The summed E-state index contributed by atoms with van der Waals surface area (Å²) in [4.78, 5) is 0. The third-order valence-corrected chi connectivity index (χ3v) is 2.95. The second-order valence-corrected chi connectivity index (χ2v) is 3.92. The normalized spacial score (nSPS) is 44.0. The first-order valence-corrected chi connectivity index (χ1v) is 4.71. The number of aliphatic hydroxyl groups is 2. The minimum absolute atomic E-state index is 0.185. The summed E-state index contributed by atoms with van der Waals surface area (Å²) in [7, 11) is 0. The lowest BCUT2D eigenvalue weighted by atomic mass is 9.95. The lowest BCUT2D eigenvalue weighted by molar-refractivity contribution is 0.0731. The van der Waals surface area contributed by atoms with Crippen LogP contribution in [0, 0.1) is 11.8 Å². The number of hydrogen-bond donors (Lipinski definition) is 3. The summed E-state index contributed by atoms with van der Waals surface area (Å²) in [6, 6.07) is 0. The van der Waals surface area contributed by atoms with Crippen molar-refractivity contribution in [2.24, 2.45) is 17.6 Å². The molecule has 1 aliphatic carbocycles. The van der Waals surface area contributed by atoms with E-state index in [-0.39, 0.29) is 24.0 Å². The van der Waals surface area contributed by atoms with E-state index in [1.54, 1.807) is 0 Å². The Hall–Kier alpha value is -0.120. The quantitative estimate of drug-likeness (QED) is 0.493. The van der Waals surface area contributed by atoms with Crippen molar-refractivity contribution in [3.8, 4) is 0 Å². The highest BCUT2D eigenvalue weighted by atomic mass is 16.3. The zero-order valence-electron chi connectivity index (χ0n) is 7.61. The summed E-state index contributed by atoms with van der Waals surface area (Å²) >= 11 is 0. The van der Waals surface area contributed by atoms with E-state index in [0.717, 1.165) is 12.8 Å². The molecule has 12 heavy (non-hydrogen) atoms. The summed E-state index contributed by atoms with van der Waals surface area (Å²) in [6.45, 7) is 2.51. The second kappa shape index (κ2) is 4.21. The molecule has 0 radical (unpaired) electrons. The van der Waals surface area contributed by atoms with Gasteiger partial charge in [0.15, 0.2) is 0 Å². The Labute approximate surface area is 73.6 Å². The first kappa shape index (κ1) is 9.96. The standard InChI is InChI=1S/C9H19NO2/c1-6-4-9(12)7(5-10)2-3-8(6)11/h6-9,11-12H,2-5,10H2,1H3. The van der Waals surface area contributed by atoms with Gasteiger partial charge in [0.05, 0.1) is 12.2 Å². The number of hydrogen-bond acceptors (Lipinski definition) is 3. The van der Waals surface area contributed by atoms with Gasteiger partial charge in [-0.2, -0.15) is 0 Å². The van der Waals surface area contributed by atoms with Gasteiger partial charge in [-0.25, -0.2) is 0 Å². The average molecular weight is 173 g/mol. The third kappa shape index (κ3) is 2.19. The first-order valence-electron chi connectivity index (χ1n) is 4.71. The van der Waals surface area contributed by atoms with E-state index < -0.39 is 0 Å². The predicted molar refractivity (Wildman–Crippen MR) is 47.6 cm³/mol. The average Bonchev–Trinajstić information content (AvgIpc) is 2.14. The van der Waals surface area contributed by atoms with Crippen LogP contribution in [0.15, 0.2) is 0 Å². The Morgan fingerprint density at radius 3 is 2.50 bits per heavy atom. The van der Waals surface area contributed by atoms with E-state index in [4.69, 9.17) is 5.73 Å². The molecule has 0 aliphatic heterocycles. The molecule has 0 amide bonds. The Morgan fingerprint density at radius 2 is 1.92 bits per heavy atom. The van der Waals surface area contributed by atoms with Crippen LogP contribution in [0.25, 0.3) is 0 Å². The summed E-state index contributed by atoms with van der Waals surface area (Å²) in [5.41, 5.74) is 5.51. The molecule has 1 aliphatic rings. The maximum atomic E-state index is 9.65. The van der Waals surface area contributed by atoms with E-state index in [9.17, 15) is 10.2 Å². The molecule has 0 aromatic heterocycles. The lowest BCUT2D eigenvalue weighted by Crippen LogP contribution is -2.27. The van der Waals surface area contributed by atoms with Crippen LogP contribution in [-0.4, -0.2) is 29.0 Å². The van der Waals surface area contributed by atoms with Gasteiger partial charge >= 0.3 is 0 Å². The SMILES string of the molecule is CC1CC(O)C(CN)CCC1O. The lowest BCUT2D eigenvalue weighted by Gasteiger charge is -2.19. The molecule has 1 fully saturated rings. The first-order chi connectivity index (χ1) is 5.65. The molecular formula is C9H19NO2. The molecule has 0 aromatic rings. The Bertz CT molecular complexity index is 140. The smallest absolute Gasteiger partial charge is 0.0584 e. The van der Waals surface area contributed by atoms with E-state index in [0.29, 0.717) is 13.0 Å². The van der Waals surface area contributed by atoms with Gasteiger partial charge in [-0.15, -0.1) is 0 Å². The molecule has 4 unspecified atom stereocenters. The molecular weight excluding hydrogens is 154 g/mol. The zero-order valence-corrected chi connectivity index (χ0v) is 7.61. The fourth-order valence-electron chi connectivity index (χ4n) is 1.87. The molecule has 72 valence electrons. The molecule has 0 aromatic carbocycles. The monoisotopic (exact) mass is 173 g/mol. The summed E-state index contributed by atoms with van der Waals surface area (Å²) < 4.78 is 0. The van der Waals surface area contributed by atoms with Gasteiger partial charge in [-0.1, -0.05) is 6.92 Å². The van der Waals surface area contributed by atoms with Crippen molar-refractivity contribution >= 4 is 0 Å². The van der Waals surface area contributed by atoms with Gasteiger partial charge in [0.25, 0.3) is 0 Å². The molecule has 4 atom stereocenters. The Balaban J connectivity index is 2.53. The highest BCUT2D eigenvalue weighted by molar-refractivity contribution is 4.80. The molecule has 1 rings (SSSR count). The van der Waals surface area contributed by atoms with E-state index in [1.165, 1.54) is 0 Å². The van der Waals surface area contributed by atoms with Crippen molar-refractivity contribution in [3.05, 3.63) is 0 Å². The van der Waals surface area contributed by atoms with Crippen LogP contribution in [0.2, 0.25) is 0 Å².